The van der Waals surface area contributed by atoms with E-state index in [0.717, 1.165) is 12.1 Å². The molecule has 0 fully saturated rings. The van der Waals surface area contributed by atoms with Crippen molar-refractivity contribution in [2.24, 2.45) is 5.92 Å². The van der Waals surface area contributed by atoms with E-state index in [9.17, 15) is 4.79 Å². The lowest BCUT2D eigenvalue weighted by Crippen LogP contribution is -2.39. The van der Waals surface area contributed by atoms with Crippen LogP contribution in [0.1, 0.15) is 5.56 Å². The smallest absolute Gasteiger partial charge is 0.233 e. The van der Waals surface area contributed by atoms with Crippen molar-refractivity contribution in [1.82, 2.24) is 4.98 Å². The highest BCUT2D eigenvalue weighted by atomic mass is 16.2. The number of pyridine rings is 1. The van der Waals surface area contributed by atoms with Gasteiger partial charge in [0, 0.05) is 25.5 Å². The number of para-hydroxylation sites is 1. The summed E-state index contributed by atoms with van der Waals surface area (Å²) in [6.45, 7) is 0.674. The van der Waals surface area contributed by atoms with E-state index in [4.69, 9.17) is 0 Å². The summed E-state index contributed by atoms with van der Waals surface area (Å²) in [7, 11) is 1.78. The molecule has 1 atom stereocenters. The first-order valence-electron chi connectivity index (χ1n) is 6.76. The molecule has 0 saturated heterocycles. The molecule has 4 nitrogen and oxygen atoms in total. The second kappa shape index (κ2) is 5.33. The van der Waals surface area contributed by atoms with Gasteiger partial charge in [-0.25, -0.2) is 4.98 Å². The number of aromatic nitrogens is 1. The Morgan fingerprint density at radius 3 is 2.85 bits per heavy atom. The van der Waals surface area contributed by atoms with Gasteiger partial charge < -0.3 is 5.32 Å². The molecule has 2 heterocycles. The maximum atomic E-state index is 12.6. The van der Waals surface area contributed by atoms with Crippen molar-refractivity contribution in [1.29, 1.82) is 0 Å². The van der Waals surface area contributed by atoms with Gasteiger partial charge in [-0.2, -0.15) is 0 Å². The molecule has 1 amide bonds. The number of nitrogens with one attached hydrogen (secondary N) is 1. The molecule has 1 aromatic carbocycles. The standard InChI is InChI=1S/C16H17N3O/c1-19(15-8-4-5-9-17-15)16(20)13-10-12-6-2-3-7-14(12)18-11-13/h2-9,13,18H,10-11H2,1H3. The van der Waals surface area contributed by atoms with Crippen molar-refractivity contribution in [3.05, 3.63) is 54.2 Å². The quantitative estimate of drug-likeness (QED) is 0.908. The van der Waals surface area contributed by atoms with Gasteiger partial charge in [0.2, 0.25) is 5.91 Å². The highest BCUT2D eigenvalue weighted by molar-refractivity contribution is 5.94. The molecule has 0 bridgehead atoms. The van der Waals surface area contributed by atoms with Crippen LogP contribution in [-0.4, -0.2) is 24.5 Å². The number of rotatable bonds is 2. The first-order valence-corrected chi connectivity index (χ1v) is 6.76. The number of anilines is 2. The number of fused-ring (bicyclic) bond motifs is 1. The molecule has 102 valence electrons. The van der Waals surface area contributed by atoms with E-state index in [0.29, 0.717) is 12.4 Å². The summed E-state index contributed by atoms with van der Waals surface area (Å²) in [4.78, 5) is 18.4. The molecule has 1 unspecified atom stereocenters. The van der Waals surface area contributed by atoms with Gasteiger partial charge in [-0.1, -0.05) is 24.3 Å². The van der Waals surface area contributed by atoms with Gasteiger partial charge in [-0.3, -0.25) is 9.69 Å². The summed E-state index contributed by atoms with van der Waals surface area (Å²) in [5.41, 5.74) is 2.34. The number of nitrogens with zero attached hydrogens (tertiary/aromatic N) is 2. The van der Waals surface area contributed by atoms with E-state index < -0.39 is 0 Å². The monoisotopic (exact) mass is 267 g/mol. The summed E-state index contributed by atoms with van der Waals surface area (Å²) < 4.78 is 0. The molecule has 3 rings (SSSR count). The second-order valence-electron chi connectivity index (χ2n) is 5.02. The fraction of sp³-hybridized carbons (Fsp3) is 0.250. The van der Waals surface area contributed by atoms with Gasteiger partial charge >= 0.3 is 0 Å². The molecule has 4 heteroatoms. The van der Waals surface area contributed by atoms with Gasteiger partial charge in [-0.15, -0.1) is 0 Å². The van der Waals surface area contributed by atoms with E-state index >= 15 is 0 Å². The predicted octanol–water partition coefficient (Wildman–Crippen LogP) is 2.33. The maximum Gasteiger partial charge on any atom is 0.233 e. The fourth-order valence-corrected chi connectivity index (χ4v) is 2.56. The third-order valence-electron chi connectivity index (χ3n) is 3.70. The van der Waals surface area contributed by atoms with E-state index in [-0.39, 0.29) is 11.8 Å². The molecule has 1 aliphatic rings. The molecule has 0 radical (unpaired) electrons. The Hall–Kier alpha value is -2.36. The number of hydrogen-bond acceptors (Lipinski definition) is 3. The first-order chi connectivity index (χ1) is 9.75. The second-order valence-corrected chi connectivity index (χ2v) is 5.02. The molecular weight excluding hydrogens is 250 g/mol. The third-order valence-corrected chi connectivity index (χ3v) is 3.70. The van der Waals surface area contributed by atoms with Crippen molar-refractivity contribution in [3.8, 4) is 0 Å². The van der Waals surface area contributed by atoms with Crippen LogP contribution in [0.4, 0.5) is 11.5 Å². The van der Waals surface area contributed by atoms with Gasteiger partial charge in [0.05, 0.1) is 5.92 Å². The van der Waals surface area contributed by atoms with Crippen LogP contribution in [0, 0.1) is 5.92 Å². The number of carbonyl (C=O) groups excluding carboxylic acids is 1. The lowest BCUT2D eigenvalue weighted by molar-refractivity contribution is -0.121. The Balaban J connectivity index is 1.76. The minimum atomic E-state index is -0.0445. The molecule has 0 saturated carbocycles. The summed E-state index contributed by atoms with van der Waals surface area (Å²) in [6, 6.07) is 13.7. The number of hydrogen-bond donors (Lipinski definition) is 1. The van der Waals surface area contributed by atoms with Crippen molar-refractivity contribution in [3.63, 3.8) is 0 Å². The largest absolute Gasteiger partial charge is 0.384 e. The SMILES string of the molecule is CN(C(=O)C1CNc2ccccc2C1)c1ccccn1. The Bertz CT molecular complexity index is 612. The van der Waals surface area contributed by atoms with Gasteiger partial charge in [0.25, 0.3) is 0 Å². The van der Waals surface area contributed by atoms with Crippen LogP contribution in [0.15, 0.2) is 48.7 Å². The predicted molar refractivity (Wildman–Crippen MR) is 79.8 cm³/mol. The van der Waals surface area contributed by atoms with Crippen LogP contribution in [0.2, 0.25) is 0 Å². The lowest BCUT2D eigenvalue weighted by atomic mass is 9.93. The van der Waals surface area contributed by atoms with E-state index in [2.05, 4.69) is 22.4 Å². The summed E-state index contributed by atoms with van der Waals surface area (Å²) in [5, 5.41) is 3.33. The average molecular weight is 267 g/mol. The topological polar surface area (TPSA) is 45.2 Å². The normalized spacial score (nSPS) is 16.9. The minimum Gasteiger partial charge on any atom is -0.384 e. The molecule has 20 heavy (non-hydrogen) atoms. The summed E-state index contributed by atoms with van der Waals surface area (Å²) in [5.74, 6) is 0.749. The van der Waals surface area contributed by atoms with E-state index in [1.54, 1.807) is 18.1 Å². The average Bonchev–Trinajstić information content (AvgIpc) is 2.54. The van der Waals surface area contributed by atoms with E-state index in [1.807, 2.05) is 30.3 Å². The highest BCUT2D eigenvalue weighted by Crippen LogP contribution is 2.25. The zero-order valence-corrected chi connectivity index (χ0v) is 11.4. The maximum absolute atomic E-state index is 12.6. The van der Waals surface area contributed by atoms with Gasteiger partial charge in [-0.05, 0) is 30.2 Å². The first kappa shape index (κ1) is 12.7. The molecule has 1 aliphatic heterocycles. The number of amides is 1. The Morgan fingerprint density at radius 1 is 1.25 bits per heavy atom. The molecule has 1 aromatic heterocycles. The summed E-state index contributed by atoms with van der Waals surface area (Å²) >= 11 is 0. The Labute approximate surface area is 118 Å². The van der Waals surface area contributed by atoms with Crippen molar-refractivity contribution in [2.45, 2.75) is 6.42 Å². The minimum absolute atomic E-state index is 0.0445. The van der Waals surface area contributed by atoms with E-state index in [1.165, 1.54) is 5.56 Å². The Morgan fingerprint density at radius 2 is 2.05 bits per heavy atom. The van der Waals surface area contributed by atoms with Crippen molar-refractivity contribution in [2.75, 3.05) is 23.8 Å². The fourth-order valence-electron chi connectivity index (χ4n) is 2.56. The third kappa shape index (κ3) is 2.37. The highest BCUT2D eigenvalue weighted by Gasteiger charge is 2.27. The Kier molecular flexibility index (Phi) is 3.37. The van der Waals surface area contributed by atoms with Gasteiger partial charge in [0.15, 0.2) is 0 Å². The lowest BCUT2D eigenvalue weighted by Gasteiger charge is -2.28. The molecule has 0 aliphatic carbocycles. The van der Waals surface area contributed by atoms with Crippen LogP contribution >= 0.6 is 0 Å². The van der Waals surface area contributed by atoms with Crippen LogP contribution in [0.25, 0.3) is 0 Å². The van der Waals surface area contributed by atoms with Crippen molar-refractivity contribution < 1.29 is 4.79 Å². The molecule has 1 N–H and O–H groups in total. The molecule has 2 aromatic rings. The van der Waals surface area contributed by atoms with Crippen LogP contribution in [0.5, 0.6) is 0 Å². The number of benzene rings is 1. The van der Waals surface area contributed by atoms with Crippen LogP contribution in [-0.2, 0) is 11.2 Å². The molecular formula is C16H17N3O. The zero-order valence-electron chi connectivity index (χ0n) is 11.4. The zero-order chi connectivity index (χ0) is 13.9. The van der Waals surface area contributed by atoms with Crippen LogP contribution < -0.4 is 10.2 Å². The molecule has 0 spiro atoms. The van der Waals surface area contributed by atoms with Crippen molar-refractivity contribution >= 4 is 17.4 Å². The van der Waals surface area contributed by atoms with Crippen LogP contribution in [0.3, 0.4) is 0 Å². The van der Waals surface area contributed by atoms with Gasteiger partial charge in [0.1, 0.15) is 5.82 Å². The number of carbonyl (C=O) groups is 1. The summed E-state index contributed by atoms with van der Waals surface area (Å²) in [6.07, 6.45) is 2.48.